The average molecular weight is 416 g/mol. The Morgan fingerprint density at radius 3 is 2.63 bits per heavy atom. The van der Waals surface area contributed by atoms with Crippen molar-refractivity contribution in [3.8, 4) is 11.8 Å². The molecule has 1 aromatic rings. The summed E-state index contributed by atoms with van der Waals surface area (Å²) in [5, 5.41) is 9.05. The van der Waals surface area contributed by atoms with Gasteiger partial charge in [0.15, 0.2) is 0 Å². The summed E-state index contributed by atoms with van der Waals surface area (Å²) in [5.74, 6) is 0.128. The number of nitrogens with zero attached hydrogens (tertiary/aromatic N) is 1. The first kappa shape index (κ1) is 25.4. The Balaban J connectivity index is 3.09. The van der Waals surface area contributed by atoms with Gasteiger partial charge in [-0.3, -0.25) is 0 Å². The smallest absolute Gasteiger partial charge is 0.342 e. The molecule has 1 rings (SSSR count). The topological polar surface area (TPSA) is 77.8 Å². The summed E-state index contributed by atoms with van der Waals surface area (Å²) in [6.45, 7) is 9.73. The van der Waals surface area contributed by atoms with Crippen LogP contribution in [0.2, 0.25) is 0 Å². The first-order chi connectivity index (χ1) is 14.5. The lowest BCUT2D eigenvalue weighted by molar-refractivity contribution is -0.103. The zero-order valence-corrected chi connectivity index (χ0v) is 18.3. The molecule has 0 aliphatic rings. The van der Waals surface area contributed by atoms with Crippen molar-refractivity contribution in [2.75, 3.05) is 21.0 Å². The molecule has 6 heteroatoms. The van der Waals surface area contributed by atoms with Gasteiger partial charge in [-0.1, -0.05) is 31.2 Å². The largest absolute Gasteiger partial charge is 0.496 e. The van der Waals surface area contributed by atoms with E-state index in [1.165, 1.54) is 7.11 Å². The van der Waals surface area contributed by atoms with E-state index in [4.69, 9.17) is 24.2 Å². The first-order valence-electron chi connectivity index (χ1n) is 10.1. The molecule has 0 saturated heterocycles. The highest BCUT2D eigenvalue weighted by atomic mass is 16.7. The van der Waals surface area contributed by atoms with Crippen molar-refractivity contribution in [2.45, 2.75) is 51.2 Å². The fourth-order valence-electron chi connectivity index (χ4n) is 3.26. The zero-order valence-electron chi connectivity index (χ0n) is 18.3. The molecule has 1 aromatic carbocycles. The maximum Gasteiger partial charge on any atom is 0.342 e. The summed E-state index contributed by atoms with van der Waals surface area (Å²) in [7, 11) is 3.08. The molecule has 6 nitrogen and oxygen atoms in total. The van der Waals surface area contributed by atoms with Crippen molar-refractivity contribution in [1.29, 1.82) is 5.26 Å². The van der Waals surface area contributed by atoms with E-state index in [1.807, 2.05) is 25.1 Å². The summed E-state index contributed by atoms with van der Waals surface area (Å²) < 4.78 is 22.1. The molecule has 0 bridgehead atoms. The fraction of sp³-hybridized carbons (Fsp3) is 0.500. The van der Waals surface area contributed by atoms with E-state index in [-0.39, 0.29) is 25.2 Å². The lowest BCUT2D eigenvalue weighted by atomic mass is 9.94. The van der Waals surface area contributed by atoms with Crippen molar-refractivity contribution in [3.05, 3.63) is 54.6 Å². The molecule has 0 N–H and O–H groups in total. The predicted molar refractivity (Wildman–Crippen MR) is 116 cm³/mol. The molecule has 0 aliphatic carbocycles. The van der Waals surface area contributed by atoms with Crippen LogP contribution < -0.4 is 4.74 Å². The molecule has 0 spiro atoms. The Bertz CT molecular complexity index is 725. The third kappa shape index (κ3) is 8.02. The molecule has 0 amide bonds. The minimum Gasteiger partial charge on any atom is -0.496 e. The Morgan fingerprint density at radius 1 is 1.27 bits per heavy atom. The number of esters is 1. The summed E-state index contributed by atoms with van der Waals surface area (Å²) >= 11 is 0. The van der Waals surface area contributed by atoms with Gasteiger partial charge in [0, 0.05) is 20.0 Å². The number of methoxy groups -OCH3 is 2. The van der Waals surface area contributed by atoms with Gasteiger partial charge >= 0.3 is 5.97 Å². The molecule has 0 aliphatic heterocycles. The molecule has 0 fully saturated rings. The van der Waals surface area contributed by atoms with Crippen LogP contribution in [0.25, 0.3) is 0 Å². The van der Waals surface area contributed by atoms with E-state index in [0.29, 0.717) is 30.6 Å². The number of benzene rings is 1. The highest BCUT2D eigenvalue weighted by molar-refractivity contribution is 5.94. The number of ether oxygens (including phenoxy) is 4. The average Bonchev–Trinajstić information content (AvgIpc) is 2.74. The van der Waals surface area contributed by atoms with Crippen LogP contribution >= 0.6 is 0 Å². The summed E-state index contributed by atoms with van der Waals surface area (Å²) in [5.41, 5.74) is 1.16. The van der Waals surface area contributed by atoms with Gasteiger partial charge in [0.2, 0.25) is 0 Å². The fourth-order valence-corrected chi connectivity index (χ4v) is 3.26. The van der Waals surface area contributed by atoms with Crippen molar-refractivity contribution in [2.24, 2.45) is 5.92 Å². The van der Waals surface area contributed by atoms with Crippen LogP contribution in [0.5, 0.6) is 5.75 Å². The van der Waals surface area contributed by atoms with Gasteiger partial charge in [0.25, 0.3) is 0 Å². The molecule has 164 valence electrons. The van der Waals surface area contributed by atoms with E-state index in [2.05, 4.69) is 19.2 Å². The second kappa shape index (κ2) is 14.4. The SMILES string of the molecule is C=CCc1cccc(OC)c1C(=O)O[C@@H](CCC#N)C[C@@H](OCOC)[C@@H](C)CC=C. The van der Waals surface area contributed by atoms with Crippen LogP contribution in [0, 0.1) is 17.2 Å². The number of hydrogen-bond donors (Lipinski definition) is 0. The maximum atomic E-state index is 13.1. The van der Waals surface area contributed by atoms with E-state index in [0.717, 1.165) is 12.0 Å². The van der Waals surface area contributed by atoms with E-state index >= 15 is 0 Å². The van der Waals surface area contributed by atoms with Gasteiger partial charge in [-0.25, -0.2) is 4.79 Å². The molecule has 0 saturated carbocycles. The minimum atomic E-state index is -0.479. The van der Waals surface area contributed by atoms with Gasteiger partial charge in [0.05, 0.1) is 19.3 Å². The van der Waals surface area contributed by atoms with Crippen LogP contribution in [0.15, 0.2) is 43.5 Å². The van der Waals surface area contributed by atoms with Gasteiger partial charge in [-0.05, 0) is 36.8 Å². The molecular weight excluding hydrogens is 382 g/mol. The van der Waals surface area contributed by atoms with E-state index in [1.54, 1.807) is 19.3 Å². The second-order valence-corrected chi connectivity index (χ2v) is 7.06. The number of hydrogen-bond acceptors (Lipinski definition) is 6. The van der Waals surface area contributed by atoms with Crippen LogP contribution in [-0.2, 0) is 20.6 Å². The summed E-state index contributed by atoms with van der Waals surface area (Å²) in [4.78, 5) is 13.1. The third-order valence-corrected chi connectivity index (χ3v) is 4.82. The minimum absolute atomic E-state index is 0.140. The summed E-state index contributed by atoms with van der Waals surface area (Å²) in [6.07, 6.45) is 5.29. The number of carbonyl (C=O) groups excluding carboxylic acids is 1. The molecule has 0 aromatic heterocycles. The molecule has 3 atom stereocenters. The van der Waals surface area contributed by atoms with Crippen molar-refractivity contribution >= 4 is 5.97 Å². The Morgan fingerprint density at radius 2 is 2.03 bits per heavy atom. The van der Waals surface area contributed by atoms with Crippen LogP contribution in [0.3, 0.4) is 0 Å². The van der Waals surface area contributed by atoms with Gasteiger partial charge < -0.3 is 18.9 Å². The Kier molecular flexibility index (Phi) is 12.2. The summed E-state index contributed by atoms with van der Waals surface area (Å²) in [6, 6.07) is 7.53. The highest BCUT2D eigenvalue weighted by Gasteiger charge is 2.27. The van der Waals surface area contributed by atoms with Crippen molar-refractivity contribution in [3.63, 3.8) is 0 Å². The lowest BCUT2D eigenvalue weighted by Gasteiger charge is -2.28. The van der Waals surface area contributed by atoms with Crippen molar-refractivity contribution < 1.29 is 23.7 Å². The van der Waals surface area contributed by atoms with Crippen molar-refractivity contribution in [1.82, 2.24) is 0 Å². The van der Waals surface area contributed by atoms with E-state index in [9.17, 15) is 4.79 Å². The van der Waals surface area contributed by atoms with Crippen LogP contribution in [-0.4, -0.2) is 39.2 Å². The quantitative estimate of drug-likeness (QED) is 0.232. The Labute approximate surface area is 180 Å². The van der Waals surface area contributed by atoms with Crippen LogP contribution in [0.4, 0.5) is 0 Å². The van der Waals surface area contributed by atoms with E-state index < -0.39 is 12.1 Å². The molecule has 0 unspecified atom stereocenters. The Hall–Kier alpha value is -2.62. The highest BCUT2D eigenvalue weighted by Crippen LogP contribution is 2.27. The van der Waals surface area contributed by atoms with Gasteiger partial charge in [0.1, 0.15) is 24.2 Å². The zero-order chi connectivity index (χ0) is 22.4. The maximum absolute atomic E-state index is 13.1. The third-order valence-electron chi connectivity index (χ3n) is 4.82. The van der Waals surface area contributed by atoms with Crippen LogP contribution in [0.1, 0.15) is 48.5 Å². The van der Waals surface area contributed by atoms with Gasteiger partial charge in [-0.15, -0.1) is 13.2 Å². The number of rotatable bonds is 15. The predicted octanol–water partition coefficient (Wildman–Crippen LogP) is 4.84. The molecule has 0 heterocycles. The monoisotopic (exact) mass is 415 g/mol. The first-order valence-corrected chi connectivity index (χ1v) is 10.1. The standard InChI is InChI=1S/C24H33NO5/c1-6-10-18(3)22(29-17-27-4)16-20(13-9-15-25)30-24(26)23-19(11-7-2)12-8-14-21(23)28-5/h6-8,12,14,18,20,22H,1-2,9-11,13,16-17H2,3-5H3/t18-,20-,22+/m0/s1. The molecule has 30 heavy (non-hydrogen) atoms. The normalized spacial score (nSPS) is 13.5. The molecular formula is C24H33NO5. The number of allylic oxidation sites excluding steroid dienone is 2. The number of nitriles is 1. The lowest BCUT2D eigenvalue weighted by Crippen LogP contribution is -2.31. The number of carbonyl (C=O) groups is 1. The second-order valence-electron chi connectivity index (χ2n) is 7.06. The molecule has 0 radical (unpaired) electrons. The van der Waals surface area contributed by atoms with Gasteiger partial charge in [-0.2, -0.15) is 5.26 Å².